The normalized spacial score (nSPS) is 11.6. The lowest BCUT2D eigenvalue weighted by Gasteiger charge is -2.29. The van der Waals surface area contributed by atoms with Crippen molar-refractivity contribution in [2.45, 2.75) is 59.1 Å². The van der Waals surface area contributed by atoms with E-state index in [0.29, 0.717) is 42.8 Å². The van der Waals surface area contributed by atoms with Gasteiger partial charge in [0.15, 0.2) is 0 Å². The van der Waals surface area contributed by atoms with Gasteiger partial charge in [-0.25, -0.2) is 4.79 Å². The monoisotopic (exact) mass is 398 g/mol. The van der Waals surface area contributed by atoms with Gasteiger partial charge in [-0.15, -0.1) is 0 Å². The molecule has 1 rings (SSSR count). The Morgan fingerprint density at radius 3 is 2.50 bits per heavy atom. The lowest BCUT2D eigenvalue weighted by Crippen LogP contribution is -2.45. The first-order chi connectivity index (χ1) is 13.2. The van der Waals surface area contributed by atoms with Crippen molar-refractivity contribution in [1.29, 1.82) is 0 Å². The first kappa shape index (κ1) is 24.1. The molecule has 0 aliphatic heterocycles. The van der Waals surface area contributed by atoms with E-state index in [1.807, 2.05) is 14.1 Å². The maximum Gasteiger partial charge on any atom is 0.330 e. The van der Waals surface area contributed by atoms with E-state index in [0.717, 1.165) is 12.8 Å². The number of aromatic nitrogens is 2. The molecular weight excluding hydrogens is 362 g/mol. The van der Waals surface area contributed by atoms with Crippen LogP contribution < -0.4 is 11.2 Å². The fraction of sp³-hybridized carbons (Fsp3) is 0.750. The highest BCUT2D eigenvalue weighted by Gasteiger charge is 2.16. The lowest BCUT2D eigenvalue weighted by molar-refractivity contribution is -0.890. The van der Waals surface area contributed by atoms with Crippen molar-refractivity contribution in [3.63, 3.8) is 0 Å². The van der Waals surface area contributed by atoms with Gasteiger partial charge in [0.05, 0.1) is 20.7 Å². The SMILES string of the molecule is CCCCCCCC(=O)OCC[N+](C)(C)CCOCn1cc(C)c(=O)[nH]c1=O. The van der Waals surface area contributed by atoms with Crippen molar-refractivity contribution in [3.05, 3.63) is 32.6 Å². The molecule has 0 saturated carbocycles. The lowest BCUT2D eigenvalue weighted by atomic mass is 10.1. The van der Waals surface area contributed by atoms with Gasteiger partial charge in [-0.1, -0.05) is 32.6 Å². The summed E-state index contributed by atoms with van der Waals surface area (Å²) >= 11 is 0. The third-order valence-electron chi connectivity index (χ3n) is 4.70. The molecule has 0 aliphatic rings. The van der Waals surface area contributed by atoms with Crippen LogP contribution in [0.4, 0.5) is 0 Å². The van der Waals surface area contributed by atoms with Gasteiger partial charge in [0.1, 0.15) is 26.4 Å². The summed E-state index contributed by atoms with van der Waals surface area (Å²) in [6, 6.07) is 0. The maximum absolute atomic E-state index is 11.8. The number of likely N-dealkylation sites (N-methyl/N-ethyl adjacent to an activating group) is 1. The van der Waals surface area contributed by atoms with Gasteiger partial charge in [-0.05, 0) is 13.3 Å². The Labute approximate surface area is 167 Å². The van der Waals surface area contributed by atoms with E-state index < -0.39 is 5.69 Å². The number of H-pyrrole nitrogens is 1. The number of nitrogens with zero attached hydrogens (tertiary/aromatic N) is 2. The van der Waals surface area contributed by atoms with E-state index in [2.05, 4.69) is 11.9 Å². The van der Waals surface area contributed by atoms with Crippen molar-refractivity contribution in [1.82, 2.24) is 9.55 Å². The second-order valence-corrected chi connectivity index (χ2v) is 7.85. The molecule has 1 N–H and O–H groups in total. The van der Waals surface area contributed by atoms with Crippen LogP contribution in [0, 0.1) is 6.92 Å². The van der Waals surface area contributed by atoms with E-state index >= 15 is 0 Å². The van der Waals surface area contributed by atoms with E-state index in [1.54, 1.807) is 6.92 Å². The second kappa shape index (κ2) is 12.5. The highest BCUT2D eigenvalue weighted by Crippen LogP contribution is 2.06. The zero-order chi connectivity index (χ0) is 21.0. The molecule has 1 aromatic rings. The fourth-order valence-electron chi connectivity index (χ4n) is 2.65. The molecule has 0 fully saturated rings. The third kappa shape index (κ3) is 9.85. The van der Waals surface area contributed by atoms with Gasteiger partial charge < -0.3 is 14.0 Å². The number of hydrogen-bond donors (Lipinski definition) is 1. The quantitative estimate of drug-likeness (QED) is 0.293. The van der Waals surface area contributed by atoms with E-state index in [9.17, 15) is 14.4 Å². The highest BCUT2D eigenvalue weighted by molar-refractivity contribution is 5.69. The average molecular weight is 399 g/mol. The maximum atomic E-state index is 11.8. The minimum absolute atomic E-state index is 0.0868. The second-order valence-electron chi connectivity index (χ2n) is 7.85. The average Bonchev–Trinajstić information content (AvgIpc) is 2.62. The molecule has 8 heteroatoms. The van der Waals surface area contributed by atoms with Crippen molar-refractivity contribution >= 4 is 5.97 Å². The van der Waals surface area contributed by atoms with Gasteiger partial charge in [0.25, 0.3) is 5.56 Å². The van der Waals surface area contributed by atoms with E-state index in [1.165, 1.54) is 30.0 Å². The van der Waals surface area contributed by atoms with Gasteiger partial charge >= 0.3 is 11.7 Å². The predicted octanol–water partition coefficient (Wildman–Crippen LogP) is 1.80. The molecule has 0 atom stereocenters. The van der Waals surface area contributed by atoms with Crippen molar-refractivity contribution in [2.24, 2.45) is 0 Å². The summed E-state index contributed by atoms with van der Waals surface area (Å²) in [7, 11) is 4.08. The Kier molecular flexibility index (Phi) is 10.8. The molecule has 0 bridgehead atoms. The standard InChI is InChI=1S/C20H35N3O5/c1-5-6-7-8-9-10-18(24)28-14-12-23(3,4)11-13-27-16-22-15-17(2)19(25)21-20(22)26/h15H,5-14,16H2,1-4H3/p+1. The van der Waals surface area contributed by atoms with E-state index in [4.69, 9.17) is 9.47 Å². The number of aromatic amines is 1. The molecule has 8 nitrogen and oxygen atoms in total. The molecule has 0 amide bonds. The van der Waals surface area contributed by atoms with Crippen LogP contribution in [0.2, 0.25) is 0 Å². The summed E-state index contributed by atoms with van der Waals surface area (Å²) in [5, 5.41) is 0. The molecule has 0 aromatic carbocycles. The number of nitrogens with one attached hydrogen (secondary N) is 1. The van der Waals surface area contributed by atoms with Crippen molar-refractivity contribution in [3.8, 4) is 0 Å². The summed E-state index contributed by atoms with van der Waals surface area (Å²) in [5.74, 6) is -0.124. The first-order valence-corrected chi connectivity index (χ1v) is 10.1. The molecule has 1 heterocycles. The zero-order valence-electron chi connectivity index (χ0n) is 17.8. The number of rotatable bonds is 14. The number of quaternary nitrogens is 1. The summed E-state index contributed by atoms with van der Waals surface area (Å²) in [4.78, 5) is 37.0. The van der Waals surface area contributed by atoms with Crippen molar-refractivity contribution < 1.29 is 18.8 Å². The van der Waals surface area contributed by atoms with Crippen LogP contribution in [-0.2, 0) is 21.0 Å². The molecule has 0 radical (unpaired) electrons. The Bertz CT molecular complexity index is 709. The molecule has 0 saturated heterocycles. The minimum atomic E-state index is -0.481. The third-order valence-corrected chi connectivity index (χ3v) is 4.70. The molecule has 0 unspecified atom stereocenters. The summed E-state index contributed by atoms with van der Waals surface area (Å²) in [6.07, 6.45) is 7.56. The largest absolute Gasteiger partial charge is 0.460 e. The summed E-state index contributed by atoms with van der Waals surface area (Å²) in [5.41, 5.74) is -0.396. The number of esters is 1. The van der Waals surface area contributed by atoms with Crippen LogP contribution >= 0.6 is 0 Å². The van der Waals surface area contributed by atoms with Crippen LogP contribution in [0.25, 0.3) is 0 Å². The molecule has 28 heavy (non-hydrogen) atoms. The van der Waals surface area contributed by atoms with Gasteiger partial charge in [-0.3, -0.25) is 19.1 Å². The Balaban J connectivity index is 2.20. The number of unbranched alkanes of at least 4 members (excludes halogenated alkanes) is 4. The molecule has 160 valence electrons. The number of hydrogen-bond acceptors (Lipinski definition) is 5. The van der Waals surface area contributed by atoms with Crippen LogP contribution in [-0.4, -0.2) is 60.4 Å². The molecule has 1 aromatic heterocycles. The number of aryl methyl sites for hydroxylation is 1. The Morgan fingerprint density at radius 1 is 1.11 bits per heavy atom. The first-order valence-electron chi connectivity index (χ1n) is 10.1. The highest BCUT2D eigenvalue weighted by atomic mass is 16.5. The van der Waals surface area contributed by atoms with Crippen LogP contribution in [0.1, 0.15) is 51.0 Å². The number of ether oxygens (including phenoxy) is 2. The number of carbonyl (C=O) groups is 1. The molecule has 0 spiro atoms. The summed E-state index contributed by atoms with van der Waals surface area (Å²) < 4.78 is 12.9. The van der Waals surface area contributed by atoms with Crippen LogP contribution in [0.3, 0.4) is 0 Å². The number of carbonyl (C=O) groups excluding carboxylic acids is 1. The Morgan fingerprint density at radius 2 is 1.79 bits per heavy atom. The topological polar surface area (TPSA) is 90.4 Å². The molecule has 0 aliphatic carbocycles. The van der Waals surface area contributed by atoms with Crippen LogP contribution in [0.15, 0.2) is 15.8 Å². The zero-order valence-corrected chi connectivity index (χ0v) is 17.8. The molecular formula is C20H36N3O5+. The predicted molar refractivity (Wildman–Crippen MR) is 108 cm³/mol. The van der Waals surface area contributed by atoms with Gasteiger partial charge in [-0.2, -0.15) is 0 Å². The van der Waals surface area contributed by atoms with Gasteiger partial charge in [0.2, 0.25) is 0 Å². The smallest absolute Gasteiger partial charge is 0.330 e. The summed E-state index contributed by atoms with van der Waals surface area (Å²) in [6.45, 7) is 6.14. The van der Waals surface area contributed by atoms with Crippen molar-refractivity contribution in [2.75, 3.05) is 40.4 Å². The van der Waals surface area contributed by atoms with Gasteiger partial charge in [0, 0.05) is 18.2 Å². The Hall–Kier alpha value is -1.93. The van der Waals surface area contributed by atoms with Crippen LogP contribution in [0.5, 0.6) is 0 Å². The fourth-order valence-corrected chi connectivity index (χ4v) is 2.65. The minimum Gasteiger partial charge on any atom is -0.460 e. The van der Waals surface area contributed by atoms with E-state index in [-0.39, 0.29) is 18.3 Å².